The number of aryl methyl sites for hydroxylation is 3. The average molecular weight is 312 g/mol. The van der Waals surface area contributed by atoms with Crippen molar-refractivity contribution in [3.63, 3.8) is 0 Å². The molecule has 4 rings (SSSR count). The zero-order chi connectivity index (χ0) is 16.0. The fraction of sp³-hybridized carbons (Fsp3) is 0.412. The predicted molar refractivity (Wildman–Crippen MR) is 88.8 cm³/mol. The number of hydrogen-bond donors (Lipinski definition) is 1. The van der Waals surface area contributed by atoms with Crippen molar-refractivity contribution >= 4 is 16.7 Å². The van der Waals surface area contributed by atoms with Gasteiger partial charge in [0.1, 0.15) is 17.1 Å². The number of aromatic nitrogens is 3. The first-order chi connectivity index (χ1) is 11.1. The van der Waals surface area contributed by atoms with Gasteiger partial charge in [0.25, 0.3) is 0 Å². The predicted octanol–water partition coefficient (Wildman–Crippen LogP) is 2.98. The van der Waals surface area contributed by atoms with Gasteiger partial charge >= 0.3 is 0 Å². The molecule has 0 atom stereocenters. The molecule has 3 aromatic rings. The summed E-state index contributed by atoms with van der Waals surface area (Å²) in [5.41, 5.74) is 6.28. The molecule has 2 aromatic heterocycles. The number of fused-ring (bicyclic) bond motifs is 1. The minimum atomic E-state index is 0.750. The first-order valence-electron chi connectivity index (χ1n) is 7.90. The molecule has 1 N–H and O–H groups in total. The fourth-order valence-electron chi connectivity index (χ4n) is 3.31. The summed E-state index contributed by atoms with van der Waals surface area (Å²) >= 11 is 0. The number of hydrogen-bond acceptors (Lipinski definition) is 5. The Balaban J connectivity index is 1.93. The average Bonchev–Trinajstić information content (AvgIpc) is 3.08. The quantitative estimate of drug-likeness (QED) is 0.788. The van der Waals surface area contributed by atoms with Gasteiger partial charge in [-0.15, -0.1) is 0 Å². The first kappa shape index (κ1) is 14.3. The van der Waals surface area contributed by atoms with Gasteiger partial charge in [-0.2, -0.15) is 0 Å². The van der Waals surface area contributed by atoms with Crippen LogP contribution in [0.4, 0.5) is 5.69 Å². The van der Waals surface area contributed by atoms with Crippen LogP contribution in [0.2, 0.25) is 0 Å². The summed E-state index contributed by atoms with van der Waals surface area (Å²) in [6.45, 7) is 9.17. The summed E-state index contributed by atoms with van der Waals surface area (Å²) in [6.07, 6.45) is 0. The molecule has 6 heteroatoms. The standard InChI is InChI=1S/C17H20N4O2/c1-10-16(11(2)23-20-10)13-8-14-17(19-12(3)18-14)15(9-13)21-4-6-22-7-5-21/h8-9H,4-7H2,1-3H3,(H,18,19). The normalized spacial score (nSPS) is 15.5. The van der Waals surface area contributed by atoms with E-state index in [1.807, 2.05) is 20.8 Å². The molecule has 1 saturated heterocycles. The number of H-pyrrole nitrogens is 1. The third kappa shape index (κ3) is 2.39. The maximum Gasteiger partial charge on any atom is 0.141 e. The molecule has 0 saturated carbocycles. The number of aromatic amines is 1. The highest BCUT2D eigenvalue weighted by molar-refractivity contribution is 5.94. The summed E-state index contributed by atoms with van der Waals surface area (Å²) in [4.78, 5) is 10.4. The summed E-state index contributed by atoms with van der Waals surface area (Å²) in [6, 6.07) is 4.33. The molecule has 1 aliphatic rings. The topological polar surface area (TPSA) is 67.2 Å². The van der Waals surface area contributed by atoms with Crippen molar-refractivity contribution in [2.75, 3.05) is 31.2 Å². The molecule has 3 heterocycles. The lowest BCUT2D eigenvalue weighted by atomic mass is 10.0. The van der Waals surface area contributed by atoms with Crippen molar-refractivity contribution < 1.29 is 9.26 Å². The highest BCUT2D eigenvalue weighted by Crippen LogP contribution is 2.35. The third-order valence-corrected chi connectivity index (χ3v) is 4.36. The molecule has 6 nitrogen and oxygen atoms in total. The van der Waals surface area contributed by atoms with Crippen molar-refractivity contribution in [3.8, 4) is 11.1 Å². The van der Waals surface area contributed by atoms with Crippen molar-refractivity contribution in [1.82, 2.24) is 15.1 Å². The Hall–Kier alpha value is -2.34. The second-order valence-electron chi connectivity index (χ2n) is 6.01. The van der Waals surface area contributed by atoms with Gasteiger partial charge in [0.05, 0.1) is 30.1 Å². The SMILES string of the molecule is Cc1nc2c(N3CCOCC3)cc(-c3c(C)noc3C)cc2[nH]1. The minimum absolute atomic E-state index is 0.750. The van der Waals surface area contributed by atoms with Crippen LogP contribution < -0.4 is 4.90 Å². The van der Waals surface area contributed by atoms with E-state index in [0.717, 1.165) is 71.4 Å². The van der Waals surface area contributed by atoms with Gasteiger partial charge in [-0.25, -0.2) is 4.98 Å². The maximum atomic E-state index is 5.48. The van der Waals surface area contributed by atoms with Crippen LogP contribution >= 0.6 is 0 Å². The maximum absolute atomic E-state index is 5.48. The molecular formula is C17H20N4O2. The molecule has 0 spiro atoms. The summed E-state index contributed by atoms with van der Waals surface area (Å²) in [5, 5.41) is 4.09. The van der Waals surface area contributed by atoms with Crippen LogP contribution in [0.3, 0.4) is 0 Å². The Morgan fingerprint density at radius 1 is 1.13 bits per heavy atom. The lowest BCUT2D eigenvalue weighted by Gasteiger charge is -2.29. The van der Waals surface area contributed by atoms with Crippen LogP contribution in [0, 0.1) is 20.8 Å². The fourth-order valence-corrected chi connectivity index (χ4v) is 3.31. The van der Waals surface area contributed by atoms with Crippen LogP contribution in [0.15, 0.2) is 16.7 Å². The van der Waals surface area contributed by atoms with E-state index >= 15 is 0 Å². The number of imidazole rings is 1. The monoisotopic (exact) mass is 312 g/mol. The van der Waals surface area contributed by atoms with E-state index in [1.165, 1.54) is 0 Å². The number of nitrogens with one attached hydrogen (secondary N) is 1. The molecule has 1 aromatic carbocycles. The molecular weight excluding hydrogens is 292 g/mol. The molecule has 23 heavy (non-hydrogen) atoms. The zero-order valence-electron chi connectivity index (χ0n) is 13.6. The lowest BCUT2D eigenvalue weighted by Crippen LogP contribution is -2.36. The number of ether oxygens (including phenoxy) is 1. The van der Waals surface area contributed by atoms with Gasteiger partial charge in [0.2, 0.25) is 0 Å². The van der Waals surface area contributed by atoms with E-state index in [1.54, 1.807) is 0 Å². The highest BCUT2D eigenvalue weighted by Gasteiger charge is 2.20. The number of nitrogens with zero attached hydrogens (tertiary/aromatic N) is 3. The van der Waals surface area contributed by atoms with Crippen molar-refractivity contribution in [2.24, 2.45) is 0 Å². The lowest BCUT2D eigenvalue weighted by molar-refractivity contribution is 0.123. The number of morpholine rings is 1. The van der Waals surface area contributed by atoms with E-state index in [2.05, 4.69) is 32.2 Å². The van der Waals surface area contributed by atoms with Crippen LogP contribution in [0.25, 0.3) is 22.2 Å². The molecule has 0 unspecified atom stereocenters. The highest BCUT2D eigenvalue weighted by atomic mass is 16.5. The Morgan fingerprint density at radius 2 is 1.91 bits per heavy atom. The van der Waals surface area contributed by atoms with E-state index in [4.69, 9.17) is 9.26 Å². The third-order valence-electron chi connectivity index (χ3n) is 4.36. The molecule has 1 fully saturated rings. The Kier molecular flexibility index (Phi) is 3.34. The van der Waals surface area contributed by atoms with Gasteiger partial charge in [-0.1, -0.05) is 5.16 Å². The largest absolute Gasteiger partial charge is 0.378 e. The second-order valence-corrected chi connectivity index (χ2v) is 6.01. The van der Waals surface area contributed by atoms with Crippen molar-refractivity contribution in [2.45, 2.75) is 20.8 Å². The van der Waals surface area contributed by atoms with Gasteiger partial charge in [0.15, 0.2) is 0 Å². The van der Waals surface area contributed by atoms with Gasteiger partial charge < -0.3 is 19.1 Å². The van der Waals surface area contributed by atoms with E-state index in [0.29, 0.717) is 0 Å². The van der Waals surface area contributed by atoms with Crippen LogP contribution in [-0.4, -0.2) is 41.4 Å². The Labute approximate surface area is 134 Å². The number of anilines is 1. The van der Waals surface area contributed by atoms with Crippen LogP contribution in [0.1, 0.15) is 17.3 Å². The van der Waals surface area contributed by atoms with Crippen molar-refractivity contribution in [3.05, 3.63) is 29.4 Å². The zero-order valence-corrected chi connectivity index (χ0v) is 13.6. The summed E-state index contributed by atoms with van der Waals surface area (Å²) < 4.78 is 10.8. The summed E-state index contributed by atoms with van der Waals surface area (Å²) in [7, 11) is 0. The van der Waals surface area contributed by atoms with Crippen molar-refractivity contribution in [1.29, 1.82) is 0 Å². The Morgan fingerprint density at radius 3 is 2.61 bits per heavy atom. The molecule has 120 valence electrons. The van der Waals surface area contributed by atoms with E-state index in [9.17, 15) is 0 Å². The Bertz CT molecular complexity index is 839. The van der Waals surface area contributed by atoms with E-state index in [-0.39, 0.29) is 0 Å². The first-order valence-corrected chi connectivity index (χ1v) is 7.90. The van der Waals surface area contributed by atoms with Gasteiger partial charge in [-0.3, -0.25) is 0 Å². The van der Waals surface area contributed by atoms with E-state index < -0.39 is 0 Å². The molecule has 0 amide bonds. The number of rotatable bonds is 2. The number of benzene rings is 1. The minimum Gasteiger partial charge on any atom is -0.378 e. The van der Waals surface area contributed by atoms with Gasteiger partial charge in [-0.05, 0) is 38.5 Å². The smallest absolute Gasteiger partial charge is 0.141 e. The second kappa shape index (κ2) is 5.38. The molecule has 0 radical (unpaired) electrons. The summed E-state index contributed by atoms with van der Waals surface area (Å²) in [5.74, 6) is 1.76. The molecule has 0 bridgehead atoms. The van der Waals surface area contributed by atoms with Gasteiger partial charge in [0, 0.05) is 18.7 Å². The van der Waals surface area contributed by atoms with Crippen LogP contribution in [0.5, 0.6) is 0 Å². The molecule has 1 aliphatic heterocycles. The van der Waals surface area contributed by atoms with Crippen LogP contribution in [-0.2, 0) is 4.74 Å². The molecule has 0 aliphatic carbocycles.